The molecule has 13 heteroatoms. The summed E-state index contributed by atoms with van der Waals surface area (Å²) in [5.41, 5.74) is 2.78. The number of hydrogen-bond acceptors (Lipinski definition) is 7. The zero-order valence-electron chi connectivity index (χ0n) is 15.7. The van der Waals surface area contributed by atoms with Crippen LogP contribution in [0.1, 0.15) is 16.1 Å². The lowest BCUT2D eigenvalue weighted by molar-refractivity contribution is -0.143. The molecule has 1 aromatic carbocycles. The summed E-state index contributed by atoms with van der Waals surface area (Å²) in [4.78, 5) is 28.3. The molecule has 0 fully saturated rings. The summed E-state index contributed by atoms with van der Waals surface area (Å²) in [7, 11) is 0. The number of primary amides is 1. The molecule has 32 heavy (non-hydrogen) atoms. The predicted molar refractivity (Wildman–Crippen MR) is 103 cm³/mol. The van der Waals surface area contributed by atoms with Crippen molar-refractivity contribution >= 4 is 22.6 Å². The molecule has 0 saturated carbocycles. The third kappa shape index (κ3) is 2.90. The summed E-state index contributed by atoms with van der Waals surface area (Å²) in [5.74, 6) is -1.33. The molecule has 2 N–H and O–H groups in total. The number of rotatable bonds is 3. The fraction of sp³-hybridized carbons (Fsp3) is 0.0526. The molecule has 0 spiro atoms. The Morgan fingerprint density at radius 3 is 2.62 bits per heavy atom. The van der Waals surface area contributed by atoms with E-state index in [4.69, 9.17) is 5.73 Å². The van der Waals surface area contributed by atoms with Gasteiger partial charge >= 0.3 is 6.18 Å². The Labute approximate surface area is 174 Å². The molecule has 0 bridgehead atoms. The SMILES string of the molecule is NC(=O)c1c(-c2ccc3nonc3c2)nn(-c2cccn3c(=O)ccnc23)c1C(F)(F)F. The van der Waals surface area contributed by atoms with Gasteiger partial charge in [-0.15, -0.1) is 0 Å². The van der Waals surface area contributed by atoms with Crippen LogP contribution in [-0.4, -0.2) is 35.4 Å². The Hall–Kier alpha value is -4.55. The lowest BCUT2D eigenvalue weighted by atomic mass is 10.0. The van der Waals surface area contributed by atoms with E-state index in [1.54, 1.807) is 0 Å². The van der Waals surface area contributed by atoms with E-state index in [-0.39, 0.29) is 28.1 Å². The van der Waals surface area contributed by atoms with Crippen LogP contribution in [0.15, 0.2) is 58.2 Å². The number of nitrogens with two attached hydrogens (primary N) is 1. The number of alkyl halides is 3. The first-order valence-corrected chi connectivity index (χ1v) is 8.95. The number of aromatic nitrogens is 6. The molecule has 0 radical (unpaired) electrons. The monoisotopic (exact) mass is 441 g/mol. The molecule has 4 aromatic heterocycles. The molecule has 10 nitrogen and oxygen atoms in total. The van der Waals surface area contributed by atoms with Crippen LogP contribution in [0, 0.1) is 0 Å². The maximum Gasteiger partial charge on any atom is 0.434 e. The van der Waals surface area contributed by atoms with E-state index >= 15 is 0 Å². The van der Waals surface area contributed by atoms with E-state index in [1.165, 1.54) is 42.7 Å². The van der Waals surface area contributed by atoms with Crippen LogP contribution in [0.3, 0.4) is 0 Å². The van der Waals surface area contributed by atoms with E-state index in [9.17, 15) is 22.8 Å². The molecule has 0 aliphatic carbocycles. The number of benzene rings is 1. The summed E-state index contributed by atoms with van der Waals surface area (Å²) < 4.78 is 48.7. The molecule has 1 amide bonds. The molecule has 5 aromatic rings. The Morgan fingerprint density at radius 1 is 1.09 bits per heavy atom. The third-order valence-corrected chi connectivity index (χ3v) is 4.75. The van der Waals surface area contributed by atoms with Crippen molar-refractivity contribution in [1.82, 2.24) is 29.5 Å². The van der Waals surface area contributed by atoms with Crippen molar-refractivity contribution in [2.45, 2.75) is 6.18 Å². The van der Waals surface area contributed by atoms with E-state index in [2.05, 4.69) is 25.0 Å². The number of carbonyl (C=O) groups is 1. The van der Waals surface area contributed by atoms with E-state index < -0.39 is 28.9 Å². The smallest absolute Gasteiger partial charge is 0.365 e. The summed E-state index contributed by atoms with van der Waals surface area (Å²) in [5, 5.41) is 11.4. The Kier molecular flexibility index (Phi) is 4.08. The molecule has 0 saturated heterocycles. The number of pyridine rings is 1. The second-order valence-corrected chi connectivity index (χ2v) is 6.68. The molecule has 0 atom stereocenters. The number of hydrogen-bond donors (Lipinski definition) is 1. The number of halogens is 3. The zero-order chi connectivity index (χ0) is 22.6. The Morgan fingerprint density at radius 2 is 1.88 bits per heavy atom. The average molecular weight is 441 g/mol. The first kappa shape index (κ1) is 19.4. The van der Waals surface area contributed by atoms with Crippen LogP contribution < -0.4 is 11.3 Å². The van der Waals surface area contributed by atoms with Crippen molar-refractivity contribution in [1.29, 1.82) is 0 Å². The van der Waals surface area contributed by atoms with Gasteiger partial charge in [-0.25, -0.2) is 14.3 Å². The van der Waals surface area contributed by atoms with Crippen LogP contribution in [-0.2, 0) is 6.18 Å². The largest absolute Gasteiger partial charge is 0.434 e. The Bertz CT molecular complexity index is 1580. The van der Waals surface area contributed by atoms with E-state index in [0.29, 0.717) is 10.2 Å². The topological polar surface area (TPSA) is 134 Å². The van der Waals surface area contributed by atoms with Crippen molar-refractivity contribution < 1.29 is 22.6 Å². The quantitative estimate of drug-likeness (QED) is 0.454. The van der Waals surface area contributed by atoms with Gasteiger partial charge in [0, 0.05) is 24.0 Å². The minimum atomic E-state index is -5.02. The number of carbonyl (C=O) groups excluding carboxylic acids is 1. The van der Waals surface area contributed by atoms with Gasteiger partial charge < -0.3 is 5.73 Å². The minimum absolute atomic E-state index is 0.0910. The molecular formula is C19H10F3N7O3. The minimum Gasteiger partial charge on any atom is -0.365 e. The maximum atomic E-state index is 14.2. The summed E-state index contributed by atoms with van der Waals surface area (Å²) in [6, 6.07) is 8.06. The van der Waals surface area contributed by atoms with Crippen molar-refractivity contribution in [3.63, 3.8) is 0 Å². The summed E-state index contributed by atoms with van der Waals surface area (Å²) in [6.07, 6.45) is -2.50. The fourth-order valence-corrected chi connectivity index (χ4v) is 3.43. The molecule has 160 valence electrons. The van der Waals surface area contributed by atoms with Crippen molar-refractivity contribution in [2.75, 3.05) is 0 Å². The lowest BCUT2D eigenvalue weighted by Crippen LogP contribution is -2.22. The summed E-state index contributed by atoms with van der Waals surface area (Å²) in [6.45, 7) is 0. The second-order valence-electron chi connectivity index (χ2n) is 6.68. The standard InChI is InChI=1S/C19H10F3N7O3/c20-19(21,22)16-14(17(23)31)15(9-3-4-10-11(8-9)27-32-26-10)25-29(16)12-2-1-7-28-13(30)5-6-24-18(12)28/h1-8H,(H2,23,31). The highest BCUT2D eigenvalue weighted by molar-refractivity contribution is 6.01. The van der Waals surface area contributed by atoms with Gasteiger partial charge in [0.05, 0.1) is 5.56 Å². The van der Waals surface area contributed by atoms with E-state index in [0.717, 1.165) is 10.5 Å². The highest BCUT2D eigenvalue weighted by Crippen LogP contribution is 2.39. The van der Waals surface area contributed by atoms with Crippen LogP contribution in [0.25, 0.3) is 33.6 Å². The molecule has 0 aliphatic rings. The van der Waals surface area contributed by atoms with E-state index in [1.807, 2.05) is 0 Å². The number of nitrogens with zero attached hydrogens (tertiary/aromatic N) is 6. The van der Waals surface area contributed by atoms with Gasteiger partial charge in [-0.05, 0) is 34.6 Å². The van der Waals surface area contributed by atoms with Gasteiger partial charge in [0.1, 0.15) is 22.4 Å². The maximum absolute atomic E-state index is 14.2. The molecular weight excluding hydrogens is 431 g/mol. The highest BCUT2D eigenvalue weighted by Gasteiger charge is 2.43. The molecule has 5 rings (SSSR count). The van der Waals surface area contributed by atoms with Gasteiger partial charge in [0.15, 0.2) is 11.3 Å². The van der Waals surface area contributed by atoms with Gasteiger partial charge in [-0.2, -0.15) is 18.3 Å². The third-order valence-electron chi connectivity index (χ3n) is 4.75. The van der Waals surface area contributed by atoms with Crippen LogP contribution >= 0.6 is 0 Å². The predicted octanol–water partition coefficient (Wildman–Crippen LogP) is 2.20. The van der Waals surface area contributed by atoms with Gasteiger partial charge in [0.2, 0.25) is 0 Å². The Balaban J connectivity index is 1.88. The van der Waals surface area contributed by atoms with Crippen molar-refractivity contribution in [3.8, 4) is 16.9 Å². The fourth-order valence-electron chi connectivity index (χ4n) is 3.43. The first-order valence-electron chi connectivity index (χ1n) is 8.95. The molecule has 4 heterocycles. The lowest BCUT2D eigenvalue weighted by Gasteiger charge is -2.13. The van der Waals surface area contributed by atoms with Gasteiger partial charge in [-0.1, -0.05) is 6.07 Å². The van der Waals surface area contributed by atoms with Gasteiger partial charge in [-0.3, -0.25) is 14.0 Å². The van der Waals surface area contributed by atoms with Gasteiger partial charge in [0.25, 0.3) is 11.5 Å². The average Bonchev–Trinajstić information content (AvgIpc) is 3.37. The van der Waals surface area contributed by atoms with Crippen molar-refractivity contribution in [2.24, 2.45) is 5.73 Å². The van der Waals surface area contributed by atoms with Crippen LogP contribution in [0.4, 0.5) is 13.2 Å². The second kappa shape index (κ2) is 6.73. The molecule has 0 aliphatic heterocycles. The normalized spacial score (nSPS) is 12.0. The summed E-state index contributed by atoms with van der Waals surface area (Å²) >= 11 is 0. The molecule has 0 unspecified atom stereocenters. The van der Waals surface area contributed by atoms with Crippen LogP contribution in [0.2, 0.25) is 0 Å². The van der Waals surface area contributed by atoms with Crippen molar-refractivity contribution in [3.05, 3.63) is 70.4 Å². The zero-order valence-corrected chi connectivity index (χ0v) is 15.7. The highest BCUT2D eigenvalue weighted by atomic mass is 19.4. The number of amides is 1. The first-order chi connectivity index (χ1) is 15.3. The number of fused-ring (bicyclic) bond motifs is 2. The van der Waals surface area contributed by atoms with Crippen LogP contribution in [0.5, 0.6) is 0 Å².